The Morgan fingerprint density at radius 2 is 1.88 bits per heavy atom. The number of hydrogen-bond donors (Lipinski definition) is 3. The summed E-state index contributed by atoms with van der Waals surface area (Å²) in [6.45, 7) is 1.46. The zero-order valence-corrected chi connectivity index (χ0v) is 13.7. The lowest BCUT2D eigenvalue weighted by atomic mass is 10.1. The van der Waals surface area contributed by atoms with Gasteiger partial charge in [0.15, 0.2) is 0 Å². The maximum Gasteiger partial charge on any atom is 0.244 e. The molecule has 0 aliphatic carbocycles. The molecule has 0 saturated heterocycles. The Kier molecular flexibility index (Phi) is 4.89. The number of para-hydroxylation sites is 1. The van der Waals surface area contributed by atoms with E-state index >= 15 is 0 Å². The number of fused-ring (bicyclic) bond motifs is 1. The van der Waals surface area contributed by atoms with Gasteiger partial charge in [0.2, 0.25) is 11.8 Å². The molecule has 2 aromatic carbocycles. The Balaban J connectivity index is 1.56. The monoisotopic (exact) mass is 334 g/mol. The molecule has 0 spiro atoms. The van der Waals surface area contributed by atoms with Gasteiger partial charge in [-0.3, -0.25) is 9.59 Å². The minimum atomic E-state index is -0.184. The van der Waals surface area contributed by atoms with Crippen molar-refractivity contribution in [2.75, 3.05) is 5.32 Å². The zero-order chi connectivity index (χ0) is 17.6. The Morgan fingerprint density at radius 1 is 1.12 bits per heavy atom. The molecular weight excluding hydrogens is 316 g/mol. The first-order chi connectivity index (χ1) is 12.1. The van der Waals surface area contributed by atoms with Crippen molar-refractivity contribution in [3.05, 3.63) is 65.9 Å². The first kappa shape index (κ1) is 16.4. The fourth-order valence-corrected chi connectivity index (χ4v) is 2.52. The second-order valence-electron chi connectivity index (χ2n) is 5.63. The number of hydrogen-bond acceptors (Lipinski definition) is 3. The molecule has 0 saturated carbocycles. The van der Waals surface area contributed by atoms with Crippen LogP contribution in [0.5, 0.6) is 0 Å². The molecule has 0 atom stereocenters. The first-order valence-electron chi connectivity index (χ1n) is 7.86. The van der Waals surface area contributed by atoms with Gasteiger partial charge in [0, 0.05) is 29.7 Å². The number of benzene rings is 2. The molecule has 1 heterocycles. The molecule has 3 aromatic rings. The van der Waals surface area contributed by atoms with Crippen LogP contribution in [0, 0.1) is 0 Å². The number of hydrazone groups is 1. The first-order valence-corrected chi connectivity index (χ1v) is 7.86. The number of carbonyl (C=O) groups is 2. The highest BCUT2D eigenvalue weighted by molar-refractivity contribution is 5.90. The molecule has 0 aliphatic heterocycles. The molecule has 6 heteroatoms. The summed E-state index contributed by atoms with van der Waals surface area (Å²) in [5, 5.41) is 7.70. The number of nitrogens with one attached hydrogen (secondary N) is 3. The van der Waals surface area contributed by atoms with Crippen molar-refractivity contribution in [2.24, 2.45) is 5.10 Å². The fourth-order valence-electron chi connectivity index (χ4n) is 2.52. The van der Waals surface area contributed by atoms with E-state index in [0.717, 1.165) is 22.0 Å². The summed E-state index contributed by atoms with van der Waals surface area (Å²) >= 11 is 0. The van der Waals surface area contributed by atoms with Crippen LogP contribution in [-0.4, -0.2) is 23.0 Å². The standard InChI is InChI=1S/C19H18N4O2/c1-13(24)22-16-8-6-14(7-9-16)11-21-23-19(25)10-15-12-20-18-5-3-2-4-17(15)18/h2-9,11-12,20H,10H2,1H3,(H,22,24)(H,23,25). The van der Waals surface area contributed by atoms with Gasteiger partial charge in [-0.15, -0.1) is 0 Å². The van der Waals surface area contributed by atoms with Crippen LogP contribution in [0.1, 0.15) is 18.1 Å². The normalized spacial score (nSPS) is 10.9. The number of aromatic amines is 1. The van der Waals surface area contributed by atoms with Gasteiger partial charge in [-0.1, -0.05) is 30.3 Å². The van der Waals surface area contributed by atoms with Crippen molar-refractivity contribution in [3.63, 3.8) is 0 Å². The lowest BCUT2D eigenvalue weighted by Gasteiger charge is -2.02. The van der Waals surface area contributed by atoms with Gasteiger partial charge in [-0.2, -0.15) is 5.10 Å². The number of anilines is 1. The average molecular weight is 334 g/mol. The van der Waals surface area contributed by atoms with Crippen LogP contribution in [0.4, 0.5) is 5.69 Å². The summed E-state index contributed by atoms with van der Waals surface area (Å²) in [5.74, 6) is -0.304. The van der Waals surface area contributed by atoms with Gasteiger partial charge in [0.05, 0.1) is 12.6 Å². The molecule has 0 aliphatic rings. The van der Waals surface area contributed by atoms with E-state index in [0.29, 0.717) is 5.69 Å². The minimum absolute atomic E-state index is 0.119. The van der Waals surface area contributed by atoms with E-state index in [1.54, 1.807) is 30.5 Å². The van der Waals surface area contributed by atoms with Crippen molar-refractivity contribution in [1.82, 2.24) is 10.4 Å². The summed E-state index contributed by atoms with van der Waals surface area (Å²) in [4.78, 5) is 26.1. The van der Waals surface area contributed by atoms with Gasteiger partial charge in [0.25, 0.3) is 0 Å². The van der Waals surface area contributed by atoms with E-state index in [1.165, 1.54) is 6.92 Å². The van der Waals surface area contributed by atoms with Gasteiger partial charge in [-0.25, -0.2) is 5.43 Å². The van der Waals surface area contributed by atoms with Crippen LogP contribution in [-0.2, 0) is 16.0 Å². The van der Waals surface area contributed by atoms with Crippen LogP contribution in [0.3, 0.4) is 0 Å². The number of carbonyl (C=O) groups excluding carboxylic acids is 2. The lowest BCUT2D eigenvalue weighted by Crippen LogP contribution is -2.19. The number of amides is 2. The minimum Gasteiger partial charge on any atom is -0.361 e. The van der Waals surface area contributed by atoms with Crippen LogP contribution in [0.2, 0.25) is 0 Å². The highest BCUT2D eigenvalue weighted by atomic mass is 16.2. The summed E-state index contributed by atoms with van der Waals surface area (Å²) in [6.07, 6.45) is 3.65. The van der Waals surface area contributed by atoms with Gasteiger partial charge < -0.3 is 10.3 Å². The predicted molar refractivity (Wildman–Crippen MR) is 98.5 cm³/mol. The molecule has 0 bridgehead atoms. The summed E-state index contributed by atoms with van der Waals surface area (Å²) in [6, 6.07) is 15.0. The van der Waals surface area contributed by atoms with Crippen LogP contribution >= 0.6 is 0 Å². The van der Waals surface area contributed by atoms with E-state index in [9.17, 15) is 9.59 Å². The summed E-state index contributed by atoms with van der Waals surface area (Å²) in [5.41, 5.74) is 6.01. The van der Waals surface area contributed by atoms with Gasteiger partial charge >= 0.3 is 0 Å². The Morgan fingerprint density at radius 3 is 2.64 bits per heavy atom. The summed E-state index contributed by atoms with van der Waals surface area (Å²) < 4.78 is 0. The highest BCUT2D eigenvalue weighted by Gasteiger charge is 2.07. The molecule has 2 amide bonds. The number of H-pyrrole nitrogens is 1. The SMILES string of the molecule is CC(=O)Nc1ccc(C=NNC(=O)Cc2c[nH]c3ccccc23)cc1. The van der Waals surface area contributed by atoms with Crippen LogP contribution in [0.25, 0.3) is 10.9 Å². The van der Waals surface area contributed by atoms with Crippen LogP contribution in [0.15, 0.2) is 59.8 Å². The van der Waals surface area contributed by atoms with Gasteiger partial charge in [-0.05, 0) is 29.3 Å². The molecule has 0 fully saturated rings. The molecule has 25 heavy (non-hydrogen) atoms. The highest BCUT2D eigenvalue weighted by Crippen LogP contribution is 2.17. The van der Waals surface area contributed by atoms with E-state index in [4.69, 9.17) is 0 Å². The molecule has 3 N–H and O–H groups in total. The van der Waals surface area contributed by atoms with Crippen molar-refractivity contribution < 1.29 is 9.59 Å². The molecule has 3 rings (SSSR count). The third-order valence-electron chi connectivity index (χ3n) is 3.66. The molecule has 126 valence electrons. The lowest BCUT2D eigenvalue weighted by molar-refractivity contribution is -0.120. The Bertz CT molecular complexity index is 926. The third kappa shape index (κ3) is 4.32. The van der Waals surface area contributed by atoms with E-state index < -0.39 is 0 Å². The maximum absolute atomic E-state index is 12.0. The van der Waals surface area contributed by atoms with Crippen molar-refractivity contribution >= 4 is 34.6 Å². The van der Waals surface area contributed by atoms with E-state index in [1.807, 2.05) is 30.5 Å². The number of nitrogens with zero attached hydrogens (tertiary/aromatic N) is 1. The molecule has 0 unspecified atom stereocenters. The van der Waals surface area contributed by atoms with Crippen molar-refractivity contribution in [1.29, 1.82) is 0 Å². The van der Waals surface area contributed by atoms with Crippen molar-refractivity contribution in [2.45, 2.75) is 13.3 Å². The smallest absolute Gasteiger partial charge is 0.244 e. The van der Waals surface area contributed by atoms with Crippen molar-refractivity contribution in [3.8, 4) is 0 Å². The van der Waals surface area contributed by atoms with Crippen LogP contribution < -0.4 is 10.7 Å². The molecule has 1 aromatic heterocycles. The predicted octanol–water partition coefficient (Wildman–Crippen LogP) is 2.82. The quantitative estimate of drug-likeness (QED) is 0.495. The molecule has 0 radical (unpaired) electrons. The largest absolute Gasteiger partial charge is 0.361 e. The maximum atomic E-state index is 12.0. The van der Waals surface area contributed by atoms with Gasteiger partial charge in [0.1, 0.15) is 0 Å². The number of aromatic nitrogens is 1. The summed E-state index contributed by atoms with van der Waals surface area (Å²) in [7, 11) is 0. The topological polar surface area (TPSA) is 86.3 Å². The van der Waals surface area contributed by atoms with E-state index in [2.05, 4.69) is 20.8 Å². The van der Waals surface area contributed by atoms with E-state index in [-0.39, 0.29) is 18.2 Å². The second-order valence-corrected chi connectivity index (χ2v) is 5.63. The molecule has 6 nitrogen and oxygen atoms in total. The third-order valence-corrected chi connectivity index (χ3v) is 3.66. The second kappa shape index (κ2) is 7.44. The molecular formula is C19H18N4O2. The number of rotatable bonds is 5. The average Bonchev–Trinajstić information content (AvgIpc) is 2.99. The zero-order valence-electron chi connectivity index (χ0n) is 13.7. The Labute approximate surface area is 144 Å². The Hall–Kier alpha value is -3.41. The fraction of sp³-hybridized carbons (Fsp3) is 0.105.